The highest BCUT2D eigenvalue weighted by Gasteiger charge is 2.54. The van der Waals surface area contributed by atoms with E-state index in [9.17, 15) is 14.4 Å². The highest BCUT2D eigenvalue weighted by Crippen LogP contribution is 2.45. The molecule has 1 saturated heterocycles. The summed E-state index contributed by atoms with van der Waals surface area (Å²) in [7, 11) is 0. The Balaban J connectivity index is 1.75. The van der Waals surface area contributed by atoms with E-state index < -0.39 is 29.1 Å². The van der Waals surface area contributed by atoms with Crippen LogP contribution in [0.3, 0.4) is 0 Å². The second kappa shape index (κ2) is 7.49. The molecule has 8 heteroatoms. The Morgan fingerprint density at radius 2 is 1.82 bits per heavy atom. The van der Waals surface area contributed by atoms with Crippen molar-refractivity contribution < 1.29 is 14.4 Å². The van der Waals surface area contributed by atoms with E-state index in [0.29, 0.717) is 22.3 Å². The zero-order valence-corrected chi connectivity index (χ0v) is 19.1. The molecule has 1 aliphatic heterocycles. The first-order valence-corrected chi connectivity index (χ1v) is 10.9. The number of carbonyl (C=O) groups excluding carboxylic acids is 3. The van der Waals surface area contributed by atoms with E-state index in [1.165, 1.54) is 4.90 Å². The number of halogens is 1. The number of rotatable bonds is 3. The molecule has 0 radical (unpaired) electrons. The molecule has 2 unspecified atom stereocenters. The lowest BCUT2D eigenvalue weighted by Crippen LogP contribution is -2.36. The van der Waals surface area contributed by atoms with Crippen LogP contribution in [0.15, 0.2) is 54.9 Å². The van der Waals surface area contributed by atoms with Crippen LogP contribution in [0.1, 0.15) is 32.4 Å². The second-order valence-corrected chi connectivity index (χ2v) is 9.60. The van der Waals surface area contributed by atoms with Crippen molar-refractivity contribution in [3.63, 3.8) is 0 Å². The van der Waals surface area contributed by atoms with Crippen LogP contribution < -0.4 is 4.90 Å². The zero-order chi connectivity index (χ0) is 23.5. The first-order chi connectivity index (χ1) is 15.7. The van der Waals surface area contributed by atoms with Gasteiger partial charge in [0.05, 0.1) is 28.9 Å². The maximum Gasteiger partial charge on any atom is 0.295 e. The monoisotopic (exact) mass is 460 g/mol. The van der Waals surface area contributed by atoms with E-state index in [1.54, 1.807) is 45.3 Å². The molecule has 1 aliphatic rings. The van der Waals surface area contributed by atoms with Gasteiger partial charge in [0.1, 0.15) is 11.1 Å². The first-order valence-electron chi connectivity index (χ1n) is 10.6. The quantitative estimate of drug-likeness (QED) is 0.272. The predicted molar refractivity (Wildman–Crippen MR) is 126 cm³/mol. The first kappa shape index (κ1) is 21.3. The number of aromatic nitrogens is 3. The molecule has 2 aromatic carbocycles. The summed E-state index contributed by atoms with van der Waals surface area (Å²) >= 11 is 6.61. The van der Waals surface area contributed by atoms with Crippen LogP contribution in [0.5, 0.6) is 0 Å². The third-order valence-corrected chi connectivity index (χ3v) is 6.34. The molecule has 3 heterocycles. The number of ketones is 2. The molecule has 0 aliphatic carbocycles. The van der Waals surface area contributed by atoms with Gasteiger partial charge in [-0.25, -0.2) is 9.97 Å². The number of benzene rings is 2. The number of hydrogen-bond donors (Lipinski definition) is 1. The number of nitrogens with one attached hydrogen (secondary N) is 1. The maximum atomic E-state index is 13.4. The minimum Gasteiger partial charge on any atom is -0.345 e. The summed E-state index contributed by atoms with van der Waals surface area (Å²) in [5, 5.41) is 0.954. The van der Waals surface area contributed by atoms with Gasteiger partial charge >= 0.3 is 0 Å². The smallest absolute Gasteiger partial charge is 0.295 e. The predicted octanol–water partition coefficient (Wildman–Crippen LogP) is 4.65. The van der Waals surface area contributed by atoms with Crippen molar-refractivity contribution in [3.05, 3.63) is 65.6 Å². The number of hydrogen-bond acceptors (Lipinski definition) is 5. The molecule has 0 saturated carbocycles. The van der Waals surface area contributed by atoms with Crippen LogP contribution >= 0.6 is 11.6 Å². The van der Waals surface area contributed by atoms with Gasteiger partial charge in [-0.3, -0.25) is 19.3 Å². The van der Waals surface area contributed by atoms with Crippen LogP contribution in [-0.2, 0) is 14.4 Å². The van der Waals surface area contributed by atoms with Crippen LogP contribution in [0.2, 0.25) is 5.15 Å². The van der Waals surface area contributed by atoms with E-state index >= 15 is 0 Å². The lowest BCUT2D eigenvalue weighted by Gasteiger charge is -2.30. The van der Waals surface area contributed by atoms with Crippen LogP contribution in [0.4, 0.5) is 5.69 Å². The number of nitrogens with zero attached hydrogens (tertiary/aromatic N) is 3. The van der Waals surface area contributed by atoms with Crippen molar-refractivity contribution in [2.75, 3.05) is 4.90 Å². The standard InChI is InChI=1S/C25H21ClN4O3/c1-25(2,3)22(32)19-20(15-10-13-6-4-5-7-16(13)29-23(15)26)30(24(33)21(19)31)14-8-9-17-18(11-14)28-12-27-17/h4-12,19-20H,1-3H3,(H,27,28). The number of pyridine rings is 1. The van der Waals surface area contributed by atoms with Gasteiger partial charge in [-0.15, -0.1) is 0 Å². The minimum absolute atomic E-state index is 0.153. The Morgan fingerprint density at radius 1 is 1.06 bits per heavy atom. The van der Waals surface area contributed by atoms with Crippen molar-refractivity contribution in [1.82, 2.24) is 15.0 Å². The van der Waals surface area contributed by atoms with Gasteiger partial charge in [-0.05, 0) is 30.3 Å². The van der Waals surface area contributed by atoms with Crippen LogP contribution in [0.25, 0.3) is 21.9 Å². The summed E-state index contributed by atoms with van der Waals surface area (Å²) in [6.45, 7) is 5.22. The number of amides is 1. The molecule has 33 heavy (non-hydrogen) atoms. The number of anilines is 1. The van der Waals surface area contributed by atoms with Crippen molar-refractivity contribution in [2.45, 2.75) is 26.8 Å². The molecule has 0 bridgehead atoms. The van der Waals surface area contributed by atoms with E-state index in [1.807, 2.05) is 30.3 Å². The Bertz CT molecular complexity index is 1450. The van der Waals surface area contributed by atoms with Gasteiger partial charge in [0.15, 0.2) is 5.78 Å². The summed E-state index contributed by atoms with van der Waals surface area (Å²) in [5.41, 5.74) is 2.22. The van der Waals surface area contributed by atoms with Gasteiger partial charge in [-0.2, -0.15) is 0 Å². The topological polar surface area (TPSA) is 96.0 Å². The number of para-hydroxylation sites is 1. The Labute approximate surface area is 194 Å². The summed E-state index contributed by atoms with van der Waals surface area (Å²) in [4.78, 5) is 53.1. The maximum absolute atomic E-state index is 13.4. The van der Waals surface area contributed by atoms with Crippen LogP contribution in [0, 0.1) is 11.3 Å². The molecule has 2 atom stereocenters. The molecule has 1 amide bonds. The van der Waals surface area contributed by atoms with Gasteiger partial charge < -0.3 is 4.98 Å². The largest absolute Gasteiger partial charge is 0.345 e. The highest BCUT2D eigenvalue weighted by molar-refractivity contribution is 6.48. The molecule has 2 aromatic heterocycles. The van der Waals surface area contributed by atoms with Crippen molar-refractivity contribution in [3.8, 4) is 0 Å². The summed E-state index contributed by atoms with van der Waals surface area (Å²) in [6.07, 6.45) is 1.55. The number of aromatic amines is 1. The highest BCUT2D eigenvalue weighted by atomic mass is 35.5. The molecule has 1 N–H and O–H groups in total. The minimum atomic E-state index is -1.20. The lowest BCUT2D eigenvalue weighted by atomic mass is 9.77. The van der Waals surface area contributed by atoms with E-state index in [2.05, 4.69) is 15.0 Å². The Morgan fingerprint density at radius 3 is 2.58 bits per heavy atom. The number of H-pyrrole nitrogens is 1. The van der Waals surface area contributed by atoms with Crippen molar-refractivity contribution in [2.24, 2.45) is 11.3 Å². The van der Waals surface area contributed by atoms with Gasteiger partial charge in [0, 0.05) is 22.1 Å². The number of carbonyl (C=O) groups is 3. The Kier molecular flexibility index (Phi) is 4.83. The number of Topliss-reactive ketones (excluding diaryl/α,β-unsaturated/α-hetero) is 2. The third-order valence-electron chi connectivity index (χ3n) is 6.03. The van der Waals surface area contributed by atoms with Crippen LogP contribution in [-0.4, -0.2) is 32.4 Å². The van der Waals surface area contributed by atoms with Gasteiger partial charge in [-0.1, -0.05) is 50.6 Å². The molecule has 4 aromatic rings. The molecule has 0 spiro atoms. The SMILES string of the molecule is CC(C)(C)C(=O)C1C(=O)C(=O)N(c2ccc3nc[nH]c3c2)C1c1cc2ccccc2nc1Cl. The molecule has 5 rings (SSSR count). The molecule has 7 nitrogen and oxygen atoms in total. The normalized spacial score (nSPS) is 19.1. The fourth-order valence-corrected chi connectivity index (χ4v) is 4.64. The molecular weight excluding hydrogens is 440 g/mol. The number of fused-ring (bicyclic) bond motifs is 2. The summed E-state index contributed by atoms with van der Waals surface area (Å²) < 4.78 is 0. The second-order valence-electron chi connectivity index (χ2n) is 9.24. The fourth-order valence-electron chi connectivity index (χ4n) is 4.39. The number of imidazole rings is 1. The summed E-state index contributed by atoms with van der Waals surface area (Å²) in [6, 6.07) is 13.5. The van der Waals surface area contributed by atoms with E-state index in [0.717, 1.165) is 10.9 Å². The van der Waals surface area contributed by atoms with E-state index in [-0.39, 0.29) is 10.9 Å². The van der Waals surface area contributed by atoms with Gasteiger partial charge in [0.25, 0.3) is 5.91 Å². The average molecular weight is 461 g/mol. The Hall–Kier alpha value is -3.58. The average Bonchev–Trinajstić information content (AvgIpc) is 3.34. The van der Waals surface area contributed by atoms with E-state index in [4.69, 9.17) is 11.6 Å². The fraction of sp³-hybridized carbons (Fsp3) is 0.240. The lowest BCUT2D eigenvalue weighted by molar-refractivity contribution is -0.141. The van der Waals surface area contributed by atoms with Gasteiger partial charge in [0.2, 0.25) is 5.78 Å². The third kappa shape index (κ3) is 3.40. The summed E-state index contributed by atoms with van der Waals surface area (Å²) in [5.74, 6) is -3.00. The van der Waals surface area contributed by atoms with Crippen molar-refractivity contribution >= 4 is 56.7 Å². The molecule has 166 valence electrons. The van der Waals surface area contributed by atoms with Crippen molar-refractivity contribution in [1.29, 1.82) is 0 Å². The molecular formula is C25H21ClN4O3. The molecule has 1 fully saturated rings. The zero-order valence-electron chi connectivity index (χ0n) is 18.3.